The van der Waals surface area contributed by atoms with Gasteiger partial charge in [0.25, 0.3) is 0 Å². The van der Waals surface area contributed by atoms with Gasteiger partial charge in [0.1, 0.15) is 0 Å². The molecule has 1 heterocycles. The van der Waals surface area contributed by atoms with Gasteiger partial charge in [-0.15, -0.1) is 11.8 Å². The average Bonchev–Trinajstić information content (AvgIpc) is 2.26. The molecule has 3 nitrogen and oxygen atoms in total. The maximum absolute atomic E-state index is 10.4. The topological polar surface area (TPSA) is 53.0 Å². The fraction of sp³-hybridized carbons (Fsp3) is 0.167. The second-order valence-corrected chi connectivity index (χ2v) is 4.43. The van der Waals surface area contributed by atoms with Gasteiger partial charge in [0.2, 0.25) is 0 Å². The number of fused-ring (bicyclic) bond motifs is 1. The van der Waals surface area contributed by atoms with E-state index in [0.29, 0.717) is 0 Å². The number of carbonyl (C=O) groups excluding carboxylic acids is 1. The number of hydrogen-bond acceptors (Lipinski definition) is 4. The lowest BCUT2D eigenvalue weighted by Gasteiger charge is -2.07. The summed E-state index contributed by atoms with van der Waals surface area (Å²) in [5.74, 6) is -1.13. The van der Waals surface area contributed by atoms with Gasteiger partial charge in [-0.3, -0.25) is 0 Å². The number of hydrogen-bond donors (Lipinski definition) is 0. The fourth-order valence-electron chi connectivity index (χ4n) is 1.48. The van der Waals surface area contributed by atoms with Crippen LogP contribution in [0, 0.1) is 6.92 Å². The fourth-order valence-corrected chi connectivity index (χ4v) is 2.18. The number of carboxylic acids is 1. The molecule has 0 atom stereocenters. The van der Waals surface area contributed by atoms with Crippen LogP contribution in [0.2, 0.25) is 0 Å². The van der Waals surface area contributed by atoms with Crippen molar-refractivity contribution in [1.82, 2.24) is 4.98 Å². The Balaban J connectivity index is 2.38. The largest absolute Gasteiger partial charge is 0.549 e. The van der Waals surface area contributed by atoms with Crippen LogP contribution in [0.15, 0.2) is 35.4 Å². The number of pyridine rings is 1. The zero-order valence-corrected chi connectivity index (χ0v) is 9.58. The monoisotopic (exact) mass is 232 g/mol. The quantitative estimate of drug-likeness (QED) is 0.750. The van der Waals surface area contributed by atoms with Gasteiger partial charge in [0, 0.05) is 11.1 Å². The lowest BCUT2D eigenvalue weighted by molar-refractivity contribution is -0.301. The predicted molar refractivity (Wildman–Crippen MR) is 62.2 cm³/mol. The van der Waals surface area contributed by atoms with Crippen molar-refractivity contribution in [2.45, 2.75) is 11.9 Å². The van der Waals surface area contributed by atoms with Gasteiger partial charge in [-0.25, -0.2) is 4.98 Å². The third-order valence-electron chi connectivity index (χ3n) is 2.19. The summed E-state index contributed by atoms with van der Waals surface area (Å²) in [5, 5.41) is 12.2. The van der Waals surface area contributed by atoms with Gasteiger partial charge in [0.15, 0.2) is 0 Å². The SMILES string of the molecule is Cc1cc2ccccc2nc1SCC(=O)[O-]. The maximum Gasteiger partial charge on any atom is 0.1000 e. The second-order valence-electron chi connectivity index (χ2n) is 3.46. The van der Waals surface area contributed by atoms with Crippen LogP contribution >= 0.6 is 11.8 Å². The third-order valence-corrected chi connectivity index (χ3v) is 3.26. The molecule has 1 aromatic heterocycles. The molecular formula is C12H10NO2S-. The van der Waals surface area contributed by atoms with Crippen LogP contribution < -0.4 is 5.11 Å². The van der Waals surface area contributed by atoms with E-state index in [1.807, 2.05) is 37.3 Å². The number of thioether (sulfide) groups is 1. The van der Waals surface area contributed by atoms with Crippen LogP contribution in [-0.2, 0) is 4.79 Å². The highest BCUT2D eigenvalue weighted by Crippen LogP contribution is 2.23. The average molecular weight is 232 g/mol. The number of carbonyl (C=O) groups is 1. The Kier molecular flexibility index (Phi) is 3.10. The summed E-state index contributed by atoms with van der Waals surface area (Å²) in [6.07, 6.45) is 0. The van der Waals surface area contributed by atoms with Crippen LogP contribution in [0.25, 0.3) is 10.9 Å². The van der Waals surface area contributed by atoms with E-state index < -0.39 is 5.97 Å². The molecule has 0 N–H and O–H groups in total. The normalized spacial score (nSPS) is 10.6. The van der Waals surface area contributed by atoms with Crippen LogP contribution in [0.3, 0.4) is 0 Å². The smallest absolute Gasteiger partial charge is 0.1000 e. The van der Waals surface area contributed by atoms with Crippen LogP contribution in [-0.4, -0.2) is 16.7 Å². The second kappa shape index (κ2) is 4.53. The summed E-state index contributed by atoms with van der Waals surface area (Å²) in [7, 11) is 0. The molecule has 1 aromatic carbocycles. The Morgan fingerprint density at radius 2 is 2.19 bits per heavy atom. The first-order valence-corrected chi connectivity index (χ1v) is 5.84. The Labute approximate surface area is 97.5 Å². The number of nitrogens with zero attached hydrogens (tertiary/aromatic N) is 1. The van der Waals surface area contributed by atoms with Crippen LogP contribution in [0.4, 0.5) is 0 Å². The first-order valence-electron chi connectivity index (χ1n) is 4.86. The highest BCUT2D eigenvalue weighted by atomic mass is 32.2. The Hall–Kier alpha value is -1.55. The number of aromatic nitrogens is 1. The van der Waals surface area contributed by atoms with E-state index in [-0.39, 0.29) is 5.75 Å². The summed E-state index contributed by atoms with van der Waals surface area (Å²) in [5.41, 5.74) is 1.87. The van der Waals surface area contributed by atoms with Crippen LogP contribution in [0.5, 0.6) is 0 Å². The molecule has 82 valence electrons. The minimum atomic E-state index is -1.07. The summed E-state index contributed by atoms with van der Waals surface area (Å²) < 4.78 is 0. The van der Waals surface area contributed by atoms with E-state index in [0.717, 1.165) is 21.5 Å². The van der Waals surface area contributed by atoms with E-state index in [1.54, 1.807) is 0 Å². The minimum Gasteiger partial charge on any atom is -0.549 e. The number of aliphatic carboxylic acids is 1. The van der Waals surface area contributed by atoms with Gasteiger partial charge in [-0.05, 0) is 24.6 Å². The van der Waals surface area contributed by atoms with Crippen molar-refractivity contribution in [1.29, 1.82) is 0 Å². The Morgan fingerprint density at radius 1 is 1.44 bits per heavy atom. The predicted octanol–water partition coefficient (Wildman–Crippen LogP) is 1.39. The molecule has 4 heteroatoms. The number of carboxylic acid groups (broad SMARTS) is 1. The molecule has 0 amide bonds. The summed E-state index contributed by atoms with van der Waals surface area (Å²) in [6.45, 7) is 1.93. The molecule has 2 aromatic rings. The van der Waals surface area contributed by atoms with Gasteiger partial charge >= 0.3 is 0 Å². The molecule has 2 rings (SSSR count). The molecule has 0 radical (unpaired) electrons. The van der Waals surface area contributed by atoms with Crippen molar-refractivity contribution >= 4 is 28.6 Å². The number of benzene rings is 1. The van der Waals surface area contributed by atoms with E-state index in [1.165, 1.54) is 11.8 Å². The minimum absolute atomic E-state index is 0.0633. The molecule has 0 bridgehead atoms. The third kappa shape index (κ3) is 2.33. The van der Waals surface area contributed by atoms with E-state index in [9.17, 15) is 9.90 Å². The Bertz CT molecular complexity index is 540. The molecule has 0 aliphatic rings. The number of para-hydroxylation sites is 1. The van der Waals surface area contributed by atoms with Crippen LogP contribution in [0.1, 0.15) is 5.56 Å². The molecular weight excluding hydrogens is 222 g/mol. The molecule has 0 fully saturated rings. The van der Waals surface area contributed by atoms with Crippen molar-refractivity contribution in [2.75, 3.05) is 5.75 Å². The first-order chi connectivity index (χ1) is 7.66. The van der Waals surface area contributed by atoms with Crippen molar-refractivity contribution < 1.29 is 9.90 Å². The van der Waals surface area contributed by atoms with Crippen molar-refractivity contribution in [3.8, 4) is 0 Å². The molecule has 0 spiro atoms. The number of aryl methyl sites for hydroxylation is 1. The standard InChI is InChI=1S/C12H11NO2S/c1-8-6-9-4-2-3-5-10(9)13-12(8)16-7-11(14)15/h2-6H,7H2,1H3,(H,14,15)/p-1. The molecule has 0 saturated carbocycles. The molecule has 0 saturated heterocycles. The van der Waals surface area contributed by atoms with E-state index in [4.69, 9.17) is 0 Å². The molecule has 0 unspecified atom stereocenters. The zero-order chi connectivity index (χ0) is 11.5. The van der Waals surface area contributed by atoms with Crippen molar-refractivity contribution in [2.24, 2.45) is 0 Å². The Morgan fingerprint density at radius 3 is 2.94 bits per heavy atom. The molecule has 0 aliphatic carbocycles. The lowest BCUT2D eigenvalue weighted by Crippen LogP contribution is -2.24. The summed E-state index contributed by atoms with van der Waals surface area (Å²) in [4.78, 5) is 14.8. The van der Waals surface area contributed by atoms with Gasteiger partial charge in [0.05, 0.1) is 16.5 Å². The van der Waals surface area contributed by atoms with E-state index >= 15 is 0 Å². The maximum atomic E-state index is 10.4. The molecule has 16 heavy (non-hydrogen) atoms. The summed E-state index contributed by atoms with van der Waals surface area (Å²) in [6, 6.07) is 9.79. The van der Waals surface area contributed by atoms with Crippen molar-refractivity contribution in [3.63, 3.8) is 0 Å². The first kappa shape index (κ1) is 11.0. The van der Waals surface area contributed by atoms with Gasteiger partial charge in [-0.2, -0.15) is 0 Å². The highest BCUT2D eigenvalue weighted by Gasteiger charge is 2.03. The number of rotatable bonds is 3. The lowest BCUT2D eigenvalue weighted by atomic mass is 10.2. The van der Waals surface area contributed by atoms with E-state index in [2.05, 4.69) is 4.98 Å². The van der Waals surface area contributed by atoms with Gasteiger partial charge < -0.3 is 9.90 Å². The summed E-state index contributed by atoms with van der Waals surface area (Å²) >= 11 is 1.20. The van der Waals surface area contributed by atoms with Gasteiger partial charge in [-0.1, -0.05) is 18.2 Å². The zero-order valence-electron chi connectivity index (χ0n) is 8.77. The highest BCUT2D eigenvalue weighted by molar-refractivity contribution is 7.99. The van der Waals surface area contributed by atoms with Crippen molar-refractivity contribution in [3.05, 3.63) is 35.9 Å². The molecule has 0 aliphatic heterocycles.